The summed E-state index contributed by atoms with van der Waals surface area (Å²) in [7, 11) is 0. The van der Waals surface area contributed by atoms with Crippen LogP contribution in [0.5, 0.6) is 0 Å². The quantitative estimate of drug-likeness (QED) is 0.274. The molecule has 0 radical (unpaired) electrons. The minimum absolute atomic E-state index is 0.0228. The van der Waals surface area contributed by atoms with Crippen molar-refractivity contribution < 1.29 is 39.1 Å². The minimum Gasteiger partial charge on any atom is -0.462 e. The van der Waals surface area contributed by atoms with Gasteiger partial charge >= 0.3 is 12.1 Å². The number of aliphatic hydroxyl groups excluding tert-OH is 3. The molecule has 2 aromatic heterocycles. The number of benzene rings is 1. The standard InChI is InChI=1S/C22H26N6O8/c1-3-34-20(32)11-5-7-12(8-6-11)24-21-25-17(26-22(33)35-4-2)14-18(27-21)28(10-23-14)19-16(31)15(30)13(9-29)36-19/h5-8,10,13,15-16,19,29-31H,3-4,9H2,1-2H3,(H2,24,25,26,27,33)/t13-,15-,16-,19-/m1/s1. The van der Waals surface area contributed by atoms with Crippen LogP contribution in [0.1, 0.15) is 30.4 Å². The van der Waals surface area contributed by atoms with Gasteiger partial charge < -0.3 is 34.8 Å². The number of esters is 1. The van der Waals surface area contributed by atoms with E-state index in [1.165, 1.54) is 10.9 Å². The van der Waals surface area contributed by atoms with Crippen LogP contribution in [0.25, 0.3) is 11.2 Å². The molecule has 1 aliphatic rings. The minimum atomic E-state index is -1.37. The van der Waals surface area contributed by atoms with Gasteiger partial charge in [-0.25, -0.2) is 14.6 Å². The van der Waals surface area contributed by atoms with Gasteiger partial charge in [0.2, 0.25) is 5.95 Å². The number of ether oxygens (including phenoxy) is 3. The molecule has 4 atom stereocenters. The van der Waals surface area contributed by atoms with Crippen molar-refractivity contribution in [2.24, 2.45) is 0 Å². The van der Waals surface area contributed by atoms with Crippen molar-refractivity contribution in [3.8, 4) is 0 Å². The lowest BCUT2D eigenvalue weighted by molar-refractivity contribution is -0.0511. The van der Waals surface area contributed by atoms with Crippen LogP contribution in [0.3, 0.4) is 0 Å². The molecule has 1 aromatic carbocycles. The van der Waals surface area contributed by atoms with E-state index in [1.807, 2.05) is 0 Å². The second-order valence-corrected chi connectivity index (χ2v) is 7.72. The number of amides is 1. The molecule has 3 aromatic rings. The second-order valence-electron chi connectivity index (χ2n) is 7.72. The lowest BCUT2D eigenvalue weighted by Crippen LogP contribution is -2.33. The van der Waals surface area contributed by atoms with Crippen molar-refractivity contribution in [3.63, 3.8) is 0 Å². The molecule has 1 fully saturated rings. The normalized spacial score (nSPS) is 21.4. The SMILES string of the molecule is CCOC(=O)Nc1nc(Nc2ccc(C(=O)OCC)cc2)nc2c1ncn2[C@@H]1O[C@H](CO)[C@@H](O)[C@H]1O. The van der Waals surface area contributed by atoms with Crippen LogP contribution in [-0.2, 0) is 14.2 Å². The highest BCUT2D eigenvalue weighted by Gasteiger charge is 2.44. The van der Waals surface area contributed by atoms with E-state index in [9.17, 15) is 24.9 Å². The molecule has 1 amide bonds. The van der Waals surface area contributed by atoms with Crippen molar-refractivity contribution in [1.82, 2.24) is 19.5 Å². The fourth-order valence-corrected chi connectivity index (χ4v) is 3.65. The monoisotopic (exact) mass is 502 g/mol. The Morgan fingerprint density at radius 3 is 2.44 bits per heavy atom. The van der Waals surface area contributed by atoms with E-state index in [0.29, 0.717) is 11.3 Å². The number of carbonyl (C=O) groups excluding carboxylic acids is 2. The molecule has 0 unspecified atom stereocenters. The predicted octanol–water partition coefficient (Wildman–Crippen LogP) is 0.926. The summed E-state index contributed by atoms with van der Waals surface area (Å²) in [6.07, 6.45) is -4.26. The average molecular weight is 502 g/mol. The average Bonchev–Trinajstić information content (AvgIpc) is 3.40. The van der Waals surface area contributed by atoms with Crippen molar-refractivity contribution in [2.75, 3.05) is 30.5 Å². The Balaban J connectivity index is 1.70. The van der Waals surface area contributed by atoms with Gasteiger partial charge in [-0.1, -0.05) is 0 Å². The molecule has 1 aliphatic heterocycles. The Morgan fingerprint density at radius 2 is 1.81 bits per heavy atom. The zero-order valence-corrected chi connectivity index (χ0v) is 19.5. The maximum absolute atomic E-state index is 12.1. The molecule has 4 rings (SSSR count). The summed E-state index contributed by atoms with van der Waals surface area (Å²) in [5.41, 5.74) is 1.23. The largest absolute Gasteiger partial charge is 0.462 e. The van der Waals surface area contributed by atoms with Crippen LogP contribution in [0.2, 0.25) is 0 Å². The smallest absolute Gasteiger partial charge is 0.412 e. The van der Waals surface area contributed by atoms with Crippen LogP contribution in [0.15, 0.2) is 30.6 Å². The maximum Gasteiger partial charge on any atom is 0.412 e. The maximum atomic E-state index is 12.1. The number of carbonyl (C=O) groups is 2. The summed E-state index contributed by atoms with van der Waals surface area (Å²) in [4.78, 5) is 37.0. The first-order chi connectivity index (χ1) is 17.4. The molecule has 3 heterocycles. The van der Waals surface area contributed by atoms with Gasteiger partial charge in [-0.2, -0.15) is 9.97 Å². The van der Waals surface area contributed by atoms with Gasteiger partial charge in [0, 0.05) is 5.69 Å². The third-order valence-electron chi connectivity index (χ3n) is 5.36. The van der Waals surface area contributed by atoms with E-state index >= 15 is 0 Å². The molecule has 5 N–H and O–H groups in total. The summed E-state index contributed by atoms with van der Waals surface area (Å²) in [6, 6.07) is 6.39. The molecule has 192 valence electrons. The van der Waals surface area contributed by atoms with Gasteiger partial charge in [-0.15, -0.1) is 0 Å². The number of nitrogens with one attached hydrogen (secondary N) is 2. The third-order valence-corrected chi connectivity index (χ3v) is 5.36. The highest BCUT2D eigenvalue weighted by Crippen LogP contribution is 2.33. The Kier molecular flexibility index (Phi) is 7.59. The van der Waals surface area contributed by atoms with E-state index in [4.69, 9.17) is 14.2 Å². The Hall–Kier alpha value is -3.85. The molecule has 0 spiro atoms. The second kappa shape index (κ2) is 10.8. The molecular weight excluding hydrogens is 476 g/mol. The van der Waals surface area contributed by atoms with Crippen molar-refractivity contribution in [2.45, 2.75) is 38.4 Å². The third kappa shape index (κ3) is 5.06. The number of aromatic nitrogens is 4. The van der Waals surface area contributed by atoms with Gasteiger partial charge in [-0.05, 0) is 38.1 Å². The number of aliphatic hydroxyl groups is 3. The molecule has 14 heteroatoms. The molecular formula is C22H26N6O8. The summed E-state index contributed by atoms with van der Waals surface area (Å²) in [5.74, 6) is -0.383. The Labute approximate surface area is 204 Å². The van der Waals surface area contributed by atoms with Gasteiger partial charge in [0.05, 0.1) is 31.7 Å². The van der Waals surface area contributed by atoms with Gasteiger partial charge in [0.15, 0.2) is 23.2 Å². The number of rotatable bonds is 8. The highest BCUT2D eigenvalue weighted by atomic mass is 16.6. The molecule has 14 nitrogen and oxygen atoms in total. The molecule has 0 bridgehead atoms. The fourth-order valence-electron chi connectivity index (χ4n) is 3.65. The summed E-state index contributed by atoms with van der Waals surface area (Å²) >= 11 is 0. The van der Waals surface area contributed by atoms with E-state index in [1.54, 1.807) is 38.1 Å². The fraction of sp³-hybridized carbons (Fsp3) is 0.409. The number of hydrogen-bond donors (Lipinski definition) is 5. The number of fused-ring (bicyclic) bond motifs is 1. The Morgan fingerprint density at radius 1 is 1.08 bits per heavy atom. The number of hydrogen-bond acceptors (Lipinski definition) is 12. The van der Waals surface area contributed by atoms with E-state index in [2.05, 4.69) is 25.6 Å². The summed E-state index contributed by atoms with van der Waals surface area (Å²) in [5, 5.41) is 35.5. The molecule has 0 aliphatic carbocycles. The lowest BCUT2D eigenvalue weighted by Gasteiger charge is -2.17. The van der Waals surface area contributed by atoms with Crippen molar-refractivity contribution >= 4 is 40.7 Å². The molecule has 0 saturated carbocycles. The number of nitrogens with zero attached hydrogens (tertiary/aromatic N) is 4. The van der Waals surface area contributed by atoms with E-state index in [0.717, 1.165) is 0 Å². The highest BCUT2D eigenvalue weighted by molar-refractivity contribution is 5.94. The number of imidazole rings is 1. The zero-order chi connectivity index (χ0) is 25.8. The van der Waals surface area contributed by atoms with Gasteiger partial charge in [0.1, 0.15) is 18.3 Å². The van der Waals surface area contributed by atoms with Crippen LogP contribution < -0.4 is 10.6 Å². The van der Waals surface area contributed by atoms with Crippen LogP contribution in [0.4, 0.5) is 22.2 Å². The first-order valence-electron chi connectivity index (χ1n) is 11.2. The summed E-state index contributed by atoms with van der Waals surface area (Å²) < 4.78 is 16.9. The van der Waals surface area contributed by atoms with E-state index < -0.39 is 43.2 Å². The van der Waals surface area contributed by atoms with Crippen LogP contribution in [-0.4, -0.2) is 85.0 Å². The molecule has 36 heavy (non-hydrogen) atoms. The Bertz CT molecular complexity index is 1230. The topological polar surface area (TPSA) is 190 Å². The zero-order valence-electron chi connectivity index (χ0n) is 19.5. The summed E-state index contributed by atoms with van der Waals surface area (Å²) in [6.45, 7) is 3.26. The first kappa shape index (κ1) is 25.2. The molecule has 1 saturated heterocycles. The van der Waals surface area contributed by atoms with Gasteiger partial charge in [-0.3, -0.25) is 9.88 Å². The first-order valence-corrected chi connectivity index (χ1v) is 11.2. The lowest BCUT2D eigenvalue weighted by atomic mass is 10.1. The van der Waals surface area contributed by atoms with Crippen LogP contribution >= 0.6 is 0 Å². The van der Waals surface area contributed by atoms with E-state index in [-0.39, 0.29) is 36.1 Å². The number of anilines is 3. The van der Waals surface area contributed by atoms with Crippen LogP contribution in [0, 0.1) is 0 Å². The predicted molar refractivity (Wildman–Crippen MR) is 125 cm³/mol. The van der Waals surface area contributed by atoms with Crippen molar-refractivity contribution in [3.05, 3.63) is 36.2 Å². The van der Waals surface area contributed by atoms with Gasteiger partial charge in [0.25, 0.3) is 0 Å². The van der Waals surface area contributed by atoms with Crippen molar-refractivity contribution in [1.29, 1.82) is 0 Å².